The summed E-state index contributed by atoms with van der Waals surface area (Å²) < 4.78 is 1.79. The molecule has 1 atom stereocenters. The smallest absolute Gasteiger partial charge is 0.225 e. The number of carbonyl (C=O) groups is 1. The minimum Gasteiger partial charge on any atom is -0.349 e. The summed E-state index contributed by atoms with van der Waals surface area (Å²) in [4.78, 5) is 12.8. The van der Waals surface area contributed by atoms with E-state index < -0.39 is 0 Å². The van der Waals surface area contributed by atoms with Crippen molar-refractivity contribution in [3.05, 3.63) is 120 Å². The minimum atomic E-state index is -0.0738. The maximum absolute atomic E-state index is 12.8. The van der Waals surface area contributed by atoms with Crippen LogP contribution >= 0.6 is 0 Å². The number of aromatic nitrogens is 2. The van der Waals surface area contributed by atoms with Gasteiger partial charge in [-0.3, -0.25) is 4.79 Å². The Hall–Kier alpha value is -3.66. The van der Waals surface area contributed by atoms with Crippen LogP contribution in [0.3, 0.4) is 0 Å². The third-order valence-electron chi connectivity index (χ3n) is 4.84. The van der Waals surface area contributed by atoms with E-state index >= 15 is 0 Å². The zero-order valence-electron chi connectivity index (χ0n) is 16.1. The summed E-state index contributed by atoms with van der Waals surface area (Å²) in [5, 5.41) is 7.58. The lowest BCUT2D eigenvalue weighted by Crippen LogP contribution is -2.31. The summed E-state index contributed by atoms with van der Waals surface area (Å²) in [6.45, 7) is 0. The number of amides is 1. The number of hydrogen-bond donors (Lipinski definition) is 1. The van der Waals surface area contributed by atoms with Crippen LogP contribution in [0.15, 0.2) is 103 Å². The van der Waals surface area contributed by atoms with Gasteiger partial charge in [0.05, 0.1) is 24.3 Å². The molecule has 4 rings (SSSR count). The maximum Gasteiger partial charge on any atom is 0.225 e. The molecule has 4 nitrogen and oxygen atoms in total. The molecule has 0 aliphatic heterocycles. The quantitative estimate of drug-likeness (QED) is 0.512. The second-order valence-electron chi connectivity index (χ2n) is 7.03. The Bertz CT molecular complexity index is 1040. The molecule has 0 saturated heterocycles. The van der Waals surface area contributed by atoms with Gasteiger partial charge in [-0.15, -0.1) is 0 Å². The number of rotatable bonds is 7. The van der Waals surface area contributed by atoms with Crippen molar-refractivity contribution in [1.29, 1.82) is 0 Å². The molecule has 0 bridgehead atoms. The Morgan fingerprint density at radius 3 is 2.14 bits per heavy atom. The fraction of sp³-hybridized carbons (Fsp3) is 0.120. The van der Waals surface area contributed by atoms with Crippen LogP contribution in [0.4, 0.5) is 0 Å². The van der Waals surface area contributed by atoms with Crippen LogP contribution in [0.25, 0.3) is 5.69 Å². The van der Waals surface area contributed by atoms with Crippen LogP contribution in [0.1, 0.15) is 22.7 Å². The Morgan fingerprint density at radius 2 is 1.45 bits per heavy atom. The van der Waals surface area contributed by atoms with Crippen molar-refractivity contribution in [2.24, 2.45) is 0 Å². The highest BCUT2D eigenvalue weighted by atomic mass is 16.1. The van der Waals surface area contributed by atoms with Crippen LogP contribution in [-0.4, -0.2) is 15.7 Å². The zero-order valence-corrected chi connectivity index (χ0v) is 16.1. The van der Waals surface area contributed by atoms with E-state index in [4.69, 9.17) is 0 Å². The molecule has 144 valence electrons. The van der Waals surface area contributed by atoms with Crippen LogP contribution in [-0.2, 0) is 17.6 Å². The SMILES string of the molecule is O=C(Cc1cnn(-c2ccccc2)c1)N[C@@H](Cc1ccccc1)c1ccccc1. The fourth-order valence-corrected chi connectivity index (χ4v) is 3.39. The van der Waals surface area contributed by atoms with E-state index in [1.165, 1.54) is 5.56 Å². The first-order chi connectivity index (χ1) is 14.3. The van der Waals surface area contributed by atoms with Crippen LogP contribution in [0.5, 0.6) is 0 Å². The van der Waals surface area contributed by atoms with E-state index in [0.717, 1.165) is 23.2 Å². The highest BCUT2D eigenvalue weighted by molar-refractivity contribution is 5.79. The molecule has 1 heterocycles. The number of hydrogen-bond acceptors (Lipinski definition) is 2. The number of para-hydroxylation sites is 1. The van der Waals surface area contributed by atoms with Gasteiger partial charge in [-0.2, -0.15) is 5.10 Å². The molecular formula is C25H23N3O. The van der Waals surface area contributed by atoms with E-state index in [1.54, 1.807) is 10.9 Å². The predicted octanol–water partition coefficient (Wildman–Crippen LogP) is 4.52. The summed E-state index contributed by atoms with van der Waals surface area (Å²) in [6, 6.07) is 30.2. The summed E-state index contributed by atoms with van der Waals surface area (Å²) >= 11 is 0. The van der Waals surface area contributed by atoms with Gasteiger partial charge in [0.15, 0.2) is 0 Å². The van der Waals surface area contributed by atoms with Crippen LogP contribution < -0.4 is 5.32 Å². The molecule has 1 aromatic heterocycles. The molecular weight excluding hydrogens is 358 g/mol. The first-order valence-electron chi connectivity index (χ1n) is 9.75. The molecule has 0 saturated carbocycles. The van der Waals surface area contributed by atoms with Crippen molar-refractivity contribution in [3.63, 3.8) is 0 Å². The maximum atomic E-state index is 12.8. The van der Waals surface area contributed by atoms with Crippen molar-refractivity contribution in [2.75, 3.05) is 0 Å². The Kier molecular flexibility index (Phi) is 5.81. The minimum absolute atomic E-state index is 0.0117. The third kappa shape index (κ3) is 4.99. The Labute approximate surface area is 170 Å². The average molecular weight is 381 g/mol. The van der Waals surface area contributed by atoms with Gasteiger partial charge in [0, 0.05) is 6.20 Å². The molecule has 4 heteroatoms. The van der Waals surface area contributed by atoms with E-state index in [9.17, 15) is 4.79 Å². The average Bonchev–Trinajstić information content (AvgIpc) is 3.24. The largest absolute Gasteiger partial charge is 0.349 e. The van der Waals surface area contributed by atoms with Gasteiger partial charge in [-0.25, -0.2) is 4.68 Å². The molecule has 0 unspecified atom stereocenters. The van der Waals surface area contributed by atoms with Crippen molar-refractivity contribution in [3.8, 4) is 5.69 Å². The Morgan fingerprint density at radius 1 is 0.828 bits per heavy atom. The molecule has 3 aromatic carbocycles. The zero-order chi connectivity index (χ0) is 19.9. The first kappa shape index (κ1) is 18.7. The van der Waals surface area contributed by atoms with E-state index in [2.05, 4.69) is 34.7 Å². The highest BCUT2D eigenvalue weighted by Crippen LogP contribution is 2.19. The molecule has 1 amide bonds. The third-order valence-corrected chi connectivity index (χ3v) is 4.84. The predicted molar refractivity (Wildman–Crippen MR) is 115 cm³/mol. The summed E-state index contributed by atoms with van der Waals surface area (Å²) in [6.07, 6.45) is 4.70. The highest BCUT2D eigenvalue weighted by Gasteiger charge is 2.16. The lowest BCUT2D eigenvalue weighted by Gasteiger charge is -2.19. The lowest BCUT2D eigenvalue weighted by atomic mass is 9.98. The number of carbonyl (C=O) groups excluding carboxylic acids is 1. The van der Waals surface area contributed by atoms with Gasteiger partial charge >= 0.3 is 0 Å². The van der Waals surface area contributed by atoms with Crippen molar-refractivity contribution < 1.29 is 4.79 Å². The van der Waals surface area contributed by atoms with Crippen molar-refractivity contribution in [1.82, 2.24) is 15.1 Å². The topological polar surface area (TPSA) is 46.9 Å². The number of nitrogens with zero attached hydrogens (tertiary/aromatic N) is 2. The normalized spacial score (nSPS) is 11.7. The van der Waals surface area contributed by atoms with Gasteiger partial charge in [0.2, 0.25) is 5.91 Å². The molecule has 1 N–H and O–H groups in total. The van der Waals surface area contributed by atoms with Gasteiger partial charge in [-0.05, 0) is 35.2 Å². The van der Waals surface area contributed by atoms with Crippen molar-refractivity contribution >= 4 is 5.91 Å². The van der Waals surface area contributed by atoms with Crippen molar-refractivity contribution in [2.45, 2.75) is 18.9 Å². The molecule has 0 aliphatic rings. The van der Waals surface area contributed by atoms with E-state index in [1.807, 2.05) is 72.9 Å². The van der Waals surface area contributed by atoms with E-state index in [0.29, 0.717) is 6.42 Å². The van der Waals surface area contributed by atoms with Gasteiger partial charge < -0.3 is 5.32 Å². The monoisotopic (exact) mass is 381 g/mol. The van der Waals surface area contributed by atoms with Crippen LogP contribution in [0.2, 0.25) is 0 Å². The lowest BCUT2D eigenvalue weighted by molar-refractivity contribution is -0.121. The molecule has 0 aliphatic carbocycles. The second kappa shape index (κ2) is 9.02. The summed E-state index contributed by atoms with van der Waals surface area (Å²) in [7, 11) is 0. The van der Waals surface area contributed by atoms with E-state index in [-0.39, 0.29) is 11.9 Å². The number of benzene rings is 3. The molecule has 4 aromatic rings. The standard InChI is InChI=1S/C25H23N3O/c29-25(17-21-18-26-28(19-21)23-14-8-3-9-15-23)27-24(22-12-6-2-7-13-22)16-20-10-4-1-5-11-20/h1-15,18-19,24H,16-17H2,(H,27,29)/t24-/m0/s1. The first-order valence-corrected chi connectivity index (χ1v) is 9.75. The van der Waals surface area contributed by atoms with Gasteiger partial charge in [0.1, 0.15) is 0 Å². The van der Waals surface area contributed by atoms with Gasteiger partial charge in [0.25, 0.3) is 0 Å². The Balaban J connectivity index is 1.46. The van der Waals surface area contributed by atoms with Crippen LogP contribution in [0, 0.1) is 0 Å². The summed E-state index contributed by atoms with van der Waals surface area (Å²) in [5.41, 5.74) is 4.16. The molecule has 0 fully saturated rings. The fourth-order valence-electron chi connectivity index (χ4n) is 3.39. The number of nitrogens with one attached hydrogen (secondary N) is 1. The van der Waals surface area contributed by atoms with Gasteiger partial charge in [-0.1, -0.05) is 78.9 Å². The molecule has 0 spiro atoms. The molecule has 29 heavy (non-hydrogen) atoms. The second-order valence-corrected chi connectivity index (χ2v) is 7.03. The summed E-state index contributed by atoms with van der Waals surface area (Å²) in [5.74, 6) is -0.0117. The molecule has 0 radical (unpaired) electrons.